The number of fused-ring (bicyclic) bond motifs is 1. The average Bonchev–Trinajstić information content (AvgIpc) is 3.25. The summed E-state index contributed by atoms with van der Waals surface area (Å²) in [7, 11) is 3.52. The van der Waals surface area contributed by atoms with E-state index in [9.17, 15) is 14.4 Å². The molecule has 2 heterocycles. The Balaban J connectivity index is 1.48. The van der Waals surface area contributed by atoms with E-state index in [2.05, 4.69) is 4.90 Å². The van der Waals surface area contributed by atoms with Crippen LogP contribution in [0.3, 0.4) is 0 Å². The monoisotopic (exact) mass is 550 g/mol. The zero-order valence-corrected chi connectivity index (χ0v) is 23.8. The van der Waals surface area contributed by atoms with E-state index < -0.39 is 17.0 Å². The molecule has 0 aliphatic carbocycles. The Bertz CT molecular complexity index is 1370. The molecule has 1 fully saturated rings. The number of hydrogen-bond acceptors (Lipinski definition) is 8. The number of carboxylic acid groups (broad SMARTS) is 1. The molecule has 0 atom stereocenters. The van der Waals surface area contributed by atoms with E-state index in [1.165, 1.54) is 0 Å². The Morgan fingerprint density at radius 2 is 1.80 bits per heavy atom. The van der Waals surface area contributed by atoms with E-state index in [-0.39, 0.29) is 17.9 Å². The number of methoxy groups -OCH3 is 1. The largest absolute Gasteiger partial charge is 0.497 e. The van der Waals surface area contributed by atoms with Crippen LogP contribution in [0.25, 0.3) is 10.9 Å². The lowest BCUT2D eigenvalue weighted by Gasteiger charge is -2.42. The molecule has 214 valence electrons. The molecule has 40 heavy (non-hydrogen) atoms. The molecule has 1 aromatic heterocycles. The highest BCUT2D eigenvalue weighted by atomic mass is 16.5. The van der Waals surface area contributed by atoms with Gasteiger partial charge < -0.3 is 19.5 Å². The van der Waals surface area contributed by atoms with Crippen molar-refractivity contribution in [2.45, 2.75) is 52.3 Å². The van der Waals surface area contributed by atoms with Crippen LogP contribution >= 0.6 is 0 Å². The number of carbonyl (C=O) groups excluding carboxylic acids is 2. The van der Waals surface area contributed by atoms with Crippen molar-refractivity contribution in [3.05, 3.63) is 53.7 Å². The molecule has 0 amide bonds. The Morgan fingerprint density at radius 1 is 1.12 bits per heavy atom. The van der Waals surface area contributed by atoms with Gasteiger partial charge in [-0.1, -0.05) is 20.8 Å². The fourth-order valence-electron chi connectivity index (χ4n) is 5.09. The minimum absolute atomic E-state index is 0.0988. The molecular formula is C30H38N4O6. The zero-order valence-electron chi connectivity index (χ0n) is 23.8. The highest BCUT2D eigenvalue weighted by molar-refractivity contribution is 5.88. The van der Waals surface area contributed by atoms with Crippen molar-refractivity contribution in [1.29, 1.82) is 0 Å². The zero-order chi connectivity index (χ0) is 29.1. The summed E-state index contributed by atoms with van der Waals surface area (Å²) in [5.74, 6) is -0.166. The Hall–Kier alpha value is -3.92. The normalized spacial score (nSPS) is 15.5. The second-order valence-electron chi connectivity index (χ2n) is 11.5. The van der Waals surface area contributed by atoms with E-state index in [0.717, 1.165) is 22.3 Å². The lowest BCUT2D eigenvalue weighted by Crippen LogP contribution is -2.51. The van der Waals surface area contributed by atoms with Crippen LogP contribution in [0.5, 0.6) is 5.75 Å². The molecule has 0 spiro atoms. The number of piperidine rings is 1. The number of ketones is 1. The van der Waals surface area contributed by atoms with Gasteiger partial charge in [-0.2, -0.15) is 5.10 Å². The number of aromatic nitrogens is 2. The number of rotatable bonds is 11. The second-order valence-corrected chi connectivity index (χ2v) is 11.5. The van der Waals surface area contributed by atoms with Gasteiger partial charge in [0.25, 0.3) is 6.47 Å². The number of carbonyl (C=O) groups is 3. The molecule has 3 aromatic rings. The quantitative estimate of drug-likeness (QED) is 0.354. The standard InChI is InChI=1S/C30H38N4O6/c1-29(2,3)27(36)18-34-26-16-23(39-5)10-11-24(26)25(31-34)17-33-14-12-30(13-15-33,40-20-35)19-32(4)22-8-6-21(7-9-22)28(37)38/h6-11,16,20H,12-15,17-19H2,1-5H3,(H,37,38). The number of likely N-dealkylation sites (tertiary alicyclic amines) is 1. The molecular weight excluding hydrogens is 512 g/mol. The number of benzene rings is 2. The van der Waals surface area contributed by atoms with Crippen molar-refractivity contribution >= 4 is 34.8 Å². The Labute approximate surface area is 234 Å². The number of Topliss-reactive ketones (excluding diaryl/α,β-unsaturated/α-hetero) is 1. The van der Waals surface area contributed by atoms with E-state index >= 15 is 0 Å². The number of likely N-dealkylation sites (N-methyl/N-ethyl adjacent to an activating group) is 1. The maximum Gasteiger partial charge on any atom is 0.335 e. The molecule has 1 N–H and O–H groups in total. The minimum Gasteiger partial charge on any atom is -0.497 e. The fraction of sp³-hybridized carbons (Fsp3) is 0.467. The van der Waals surface area contributed by atoms with Gasteiger partial charge >= 0.3 is 5.97 Å². The van der Waals surface area contributed by atoms with E-state index in [0.29, 0.717) is 51.2 Å². The maximum atomic E-state index is 12.8. The summed E-state index contributed by atoms with van der Waals surface area (Å²) in [5.41, 5.74) is 1.68. The van der Waals surface area contributed by atoms with Crippen LogP contribution in [0.1, 0.15) is 49.7 Å². The van der Waals surface area contributed by atoms with Gasteiger partial charge in [0.1, 0.15) is 17.9 Å². The SMILES string of the molecule is COc1ccc2c(CN3CCC(CN(C)c4ccc(C(=O)O)cc4)(OC=O)CC3)nn(CC(=O)C(C)(C)C)c2c1. The van der Waals surface area contributed by atoms with Gasteiger partial charge in [-0.15, -0.1) is 0 Å². The molecule has 10 nitrogen and oxygen atoms in total. The summed E-state index contributed by atoms with van der Waals surface area (Å²) >= 11 is 0. The summed E-state index contributed by atoms with van der Waals surface area (Å²) in [6.45, 7) is 8.91. The molecule has 1 aliphatic rings. The number of anilines is 1. The van der Waals surface area contributed by atoms with Gasteiger partial charge in [0.05, 0.1) is 30.4 Å². The first-order chi connectivity index (χ1) is 18.9. The molecule has 0 bridgehead atoms. The molecule has 0 saturated carbocycles. The fourth-order valence-corrected chi connectivity index (χ4v) is 5.09. The lowest BCUT2D eigenvalue weighted by atomic mass is 9.90. The number of carboxylic acids is 1. The molecule has 1 aliphatic heterocycles. The number of aromatic carboxylic acids is 1. The van der Waals surface area contributed by atoms with Crippen molar-refractivity contribution in [1.82, 2.24) is 14.7 Å². The summed E-state index contributed by atoms with van der Waals surface area (Å²) in [6.07, 6.45) is 1.27. The molecule has 2 aromatic carbocycles. The van der Waals surface area contributed by atoms with Crippen molar-refractivity contribution in [3.63, 3.8) is 0 Å². The number of ether oxygens (including phenoxy) is 2. The molecule has 4 rings (SSSR count). The van der Waals surface area contributed by atoms with Gasteiger partial charge in [-0.25, -0.2) is 4.79 Å². The molecule has 10 heteroatoms. The minimum atomic E-state index is -0.972. The predicted molar refractivity (Wildman–Crippen MR) is 152 cm³/mol. The molecule has 1 saturated heterocycles. The van der Waals surface area contributed by atoms with Crippen molar-refractivity contribution in [3.8, 4) is 5.75 Å². The molecule has 0 unspecified atom stereocenters. The first-order valence-corrected chi connectivity index (χ1v) is 13.4. The van der Waals surface area contributed by atoms with Gasteiger partial charge in [0.15, 0.2) is 5.78 Å². The lowest BCUT2D eigenvalue weighted by molar-refractivity contribution is -0.147. The highest BCUT2D eigenvalue weighted by Crippen LogP contribution is 2.31. The number of nitrogens with zero attached hydrogens (tertiary/aromatic N) is 4. The van der Waals surface area contributed by atoms with E-state index in [1.807, 2.05) is 50.9 Å². The third-order valence-electron chi connectivity index (χ3n) is 7.68. The van der Waals surface area contributed by atoms with Gasteiger partial charge in [-0.3, -0.25) is 19.2 Å². The smallest absolute Gasteiger partial charge is 0.335 e. The Morgan fingerprint density at radius 3 is 2.38 bits per heavy atom. The van der Waals surface area contributed by atoms with Crippen LogP contribution in [0, 0.1) is 5.41 Å². The summed E-state index contributed by atoms with van der Waals surface area (Å²) < 4.78 is 12.9. The van der Waals surface area contributed by atoms with Crippen LogP contribution in [0.4, 0.5) is 5.69 Å². The first kappa shape index (κ1) is 29.1. The van der Waals surface area contributed by atoms with Crippen LogP contribution in [-0.4, -0.2) is 77.4 Å². The number of hydrogen-bond donors (Lipinski definition) is 1. The maximum absolute atomic E-state index is 12.8. The third kappa shape index (κ3) is 6.44. The van der Waals surface area contributed by atoms with Crippen molar-refractivity contribution in [2.24, 2.45) is 5.41 Å². The van der Waals surface area contributed by atoms with Gasteiger partial charge in [0.2, 0.25) is 0 Å². The van der Waals surface area contributed by atoms with Crippen LogP contribution in [0.2, 0.25) is 0 Å². The third-order valence-corrected chi connectivity index (χ3v) is 7.68. The van der Waals surface area contributed by atoms with E-state index in [4.69, 9.17) is 19.7 Å². The van der Waals surface area contributed by atoms with Crippen LogP contribution in [-0.2, 0) is 27.4 Å². The van der Waals surface area contributed by atoms with Gasteiger partial charge in [0, 0.05) is 62.1 Å². The van der Waals surface area contributed by atoms with Crippen LogP contribution in [0.15, 0.2) is 42.5 Å². The average molecular weight is 551 g/mol. The summed E-state index contributed by atoms with van der Waals surface area (Å²) in [6, 6.07) is 12.5. The topological polar surface area (TPSA) is 114 Å². The summed E-state index contributed by atoms with van der Waals surface area (Å²) in [5, 5.41) is 15.0. The van der Waals surface area contributed by atoms with E-state index in [1.54, 1.807) is 36.1 Å². The second kappa shape index (κ2) is 11.7. The Kier molecular flexibility index (Phi) is 8.48. The highest BCUT2D eigenvalue weighted by Gasteiger charge is 2.38. The first-order valence-electron chi connectivity index (χ1n) is 13.4. The predicted octanol–water partition coefficient (Wildman–Crippen LogP) is 4.00. The van der Waals surface area contributed by atoms with Crippen LogP contribution < -0.4 is 9.64 Å². The van der Waals surface area contributed by atoms with Crippen molar-refractivity contribution in [2.75, 3.05) is 38.7 Å². The summed E-state index contributed by atoms with van der Waals surface area (Å²) in [4.78, 5) is 39.8. The van der Waals surface area contributed by atoms with Crippen molar-refractivity contribution < 1.29 is 29.0 Å². The van der Waals surface area contributed by atoms with Gasteiger partial charge in [-0.05, 0) is 36.4 Å². The molecule has 0 radical (unpaired) electrons.